The summed E-state index contributed by atoms with van der Waals surface area (Å²) in [6, 6.07) is 14.7. The first-order chi connectivity index (χ1) is 13.7. The number of ether oxygens (including phenoxy) is 2. The Hall–Kier alpha value is -3.67. The highest BCUT2D eigenvalue weighted by Gasteiger charge is 2.08. The van der Waals surface area contributed by atoms with Gasteiger partial charge in [0.1, 0.15) is 17.3 Å². The van der Waals surface area contributed by atoms with Gasteiger partial charge in [-0.3, -0.25) is 9.78 Å². The summed E-state index contributed by atoms with van der Waals surface area (Å²) in [7, 11) is 3.24. The van der Waals surface area contributed by atoms with Gasteiger partial charge in [-0.2, -0.15) is 0 Å². The van der Waals surface area contributed by atoms with Crippen molar-refractivity contribution in [3.05, 3.63) is 76.7 Å². The van der Waals surface area contributed by atoms with E-state index in [0.717, 1.165) is 22.4 Å². The van der Waals surface area contributed by atoms with E-state index in [4.69, 9.17) is 9.47 Å². The molecule has 0 radical (unpaired) electrons. The molecule has 0 fully saturated rings. The van der Waals surface area contributed by atoms with Crippen LogP contribution in [0.5, 0.6) is 11.5 Å². The van der Waals surface area contributed by atoms with Gasteiger partial charge >= 0.3 is 0 Å². The van der Waals surface area contributed by atoms with Crippen molar-refractivity contribution in [2.75, 3.05) is 19.5 Å². The standard InChI is InChI=1S/C22H19N3O3/c1-27-16-7-5-15(20(10-16)28-2)13-25-21-11-18-14(12-24-21)6-8-19-17(22(18)26)4-3-9-23-19/h3-12H,13H2,1-2H3,(H,24,25). The summed E-state index contributed by atoms with van der Waals surface area (Å²) in [5.74, 6) is 2.07. The monoisotopic (exact) mass is 373 g/mol. The molecular weight excluding hydrogens is 354 g/mol. The molecule has 0 aliphatic heterocycles. The molecule has 1 N–H and O–H groups in total. The Labute approximate surface area is 161 Å². The molecule has 0 spiro atoms. The number of rotatable bonds is 5. The highest BCUT2D eigenvalue weighted by Crippen LogP contribution is 2.25. The molecule has 2 heterocycles. The van der Waals surface area contributed by atoms with E-state index in [0.29, 0.717) is 28.7 Å². The van der Waals surface area contributed by atoms with Gasteiger partial charge in [-0.25, -0.2) is 4.98 Å². The fourth-order valence-electron chi connectivity index (χ4n) is 3.13. The Kier molecular flexibility index (Phi) is 4.76. The summed E-state index contributed by atoms with van der Waals surface area (Å²) in [4.78, 5) is 21.7. The van der Waals surface area contributed by atoms with Crippen molar-refractivity contribution in [1.29, 1.82) is 0 Å². The molecule has 0 aliphatic rings. The zero-order valence-electron chi connectivity index (χ0n) is 15.6. The first-order valence-electron chi connectivity index (χ1n) is 8.82. The van der Waals surface area contributed by atoms with Gasteiger partial charge in [-0.15, -0.1) is 0 Å². The lowest BCUT2D eigenvalue weighted by atomic mass is 10.1. The van der Waals surface area contributed by atoms with Crippen molar-refractivity contribution in [1.82, 2.24) is 9.97 Å². The third-order valence-corrected chi connectivity index (χ3v) is 4.64. The van der Waals surface area contributed by atoms with Gasteiger partial charge < -0.3 is 14.8 Å². The van der Waals surface area contributed by atoms with E-state index in [2.05, 4.69) is 15.3 Å². The molecule has 28 heavy (non-hydrogen) atoms. The molecule has 4 rings (SSSR count). The van der Waals surface area contributed by atoms with Crippen molar-refractivity contribution in [3.63, 3.8) is 0 Å². The number of nitrogens with zero attached hydrogens (tertiary/aromatic N) is 2. The van der Waals surface area contributed by atoms with Gasteiger partial charge in [0.05, 0.1) is 19.7 Å². The third kappa shape index (κ3) is 3.32. The minimum Gasteiger partial charge on any atom is -0.497 e. The van der Waals surface area contributed by atoms with Crippen LogP contribution in [0.2, 0.25) is 0 Å². The van der Waals surface area contributed by atoms with Crippen LogP contribution in [0.1, 0.15) is 5.56 Å². The predicted octanol–water partition coefficient (Wildman–Crippen LogP) is 3.77. The second-order valence-corrected chi connectivity index (χ2v) is 6.29. The average molecular weight is 373 g/mol. The number of pyridine rings is 2. The van der Waals surface area contributed by atoms with Crippen LogP contribution in [0.3, 0.4) is 0 Å². The molecule has 4 aromatic rings. The Morgan fingerprint density at radius 2 is 1.86 bits per heavy atom. The van der Waals surface area contributed by atoms with Crippen LogP contribution >= 0.6 is 0 Å². The van der Waals surface area contributed by atoms with Crippen molar-refractivity contribution < 1.29 is 9.47 Å². The van der Waals surface area contributed by atoms with Gasteiger partial charge in [0, 0.05) is 46.7 Å². The van der Waals surface area contributed by atoms with Crippen molar-refractivity contribution >= 4 is 27.5 Å². The lowest BCUT2D eigenvalue weighted by Crippen LogP contribution is -2.05. The van der Waals surface area contributed by atoms with Crippen LogP contribution in [0.4, 0.5) is 5.82 Å². The van der Waals surface area contributed by atoms with Gasteiger partial charge in [0.15, 0.2) is 5.43 Å². The summed E-state index contributed by atoms with van der Waals surface area (Å²) in [6.07, 6.45) is 3.38. The van der Waals surface area contributed by atoms with Crippen LogP contribution in [-0.2, 0) is 6.54 Å². The van der Waals surface area contributed by atoms with E-state index in [9.17, 15) is 4.79 Å². The first-order valence-corrected chi connectivity index (χ1v) is 8.82. The lowest BCUT2D eigenvalue weighted by molar-refractivity contribution is 0.391. The van der Waals surface area contributed by atoms with Gasteiger partial charge in [0.2, 0.25) is 0 Å². The van der Waals surface area contributed by atoms with Gasteiger partial charge in [-0.05, 0) is 36.4 Å². The number of anilines is 1. The lowest BCUT2D eigenvalue weighted by Gasteiger charge is -2.11. The molecule has 0 bridgehead atoms. The van der Waals surface area contributed by atoms with Crippen LogP contribution < -0.4 is 20.2 Å². The summed E-state index contributed by atoms with van der Waals surface area (Å²) >= 11 is 0. The fourth-order valence-corrected chi connectivity index (χ4v) is 3.13. The average Bonchev–Trinajstić information content (AvgIpc) is 2.89. The number of methoxy groups -OCH3 is 2. The zero-order valence-corrected chi connectivity index (χ0v) is 15.6. The number of fused-ring (bicyclic) bond motifs is 2. The molecule has 2 aromatic heterocycles. The highest BCUT2D eigenvalue weighted by atomic mass is 16.5. The van der Waals surface area contributed by atoms with E-state index < -0.39 is 0 Å². The van der Waals surface area contributed by atoms with Crippen LogP contribution in [0.25, 0.3) is 21.7 Å². The quantitative estimate of drug-likeness (QED) is 0.574. The second-order valence-electron chi connectivity index (χ2n) is 6.29. The van der Waals surface area contributed by atoms with E-state index in [1.54, 1.807) is 44.8 Å². The molecule has 0 atom stereocenters. The molecule has 0 aliphatic carbocycles. The Balaban J connectivity index is 1.70. The van der Waals surface area contributed by atoms with E-state index in [1.165, 1.54) is 0 Å². The van der Waals surface area contributed by atoms with E-state index in [-0.39, 0.29) is 5.43 Å². The zero-order chi connectivity index (χ0) is 19.5. The maximum absolute atomic E-state index is 13.0. The Morgan fingerprint density at radius 1 is 0.964 bits per heavy atom. The van der Waals surface area contributed by atoms with Crippen molar-refractivity contribution in [2.24, 2.45) is 0 Å². The van der Waals surface area contributed by atoms with Gasteiger partial charge in [0.25, 0.3) is 0 Å². The summed E-state index contributed by atoms with van der Waals surface area (Å²) in [6.45, 7) is 0.501. The van der Waals surface area contributed by atoms with Gasteiger partial charge in [-0.1, -0.05) is 6.07 Å². The van der Waals surface area contributed by atoms with Crippen LogP contribution in [-0.4, -0.2) is 24.2 Å². The van der Waals surface area contributed by atoms with Crippen LogP contribution in [0.15, 0.2) is 65.7 Å². The fraction of sp³-hybridized carbons (Fsp3) is 0.136. The molecule has 0 saturated carbocycles. The number of hydrogen-bond acceptors (Lipinski definition) is 6. The van der Waals surface area contributed by atoms with Crippen LogP contribution in [0, 0.1) is 0 Å². The van der Waals surface area contributed by atoms with Crippen molar-refractivity contribution in [3.8, 4) is 11.5 Å². The van der Waals surface area contributed by atoms with E-state index >= 15 is 0 Å². The first kappa shape index (κ1) is 17.7. The molecule has 6 heteroatoms. The highest BCUT2D eigenvalue weighted by molar-refractivity contribution is 5.92. The Morgan fingerprint density at radius 3 is 2.68 bits per heavy atom. The molecular formula is C22H19N3O3. The second kappa shape index (κ2) is 7.52. The summed E-state index contributed by atoms with van der Waals surface area (Å²) in [5.41, 5.74) is 1.57. The van der Waals surface area contributed by atoms with E-state index in [1.807, 2.05) is 30.3 Å². The number of aromatic nitrogens is 2. The molecule has 6 nitrogen and oxygen atoms in total. The maximum Gasteiger partial charge on any atom is 0.195 e. The third-order valence-electron chi connectivity index (χ3n) is 4.64. The molecule has 140 valence electrons. The minimum atomic E-state index is -0.0596. The smallest absolute Gasteiger partial charge is 0.195 e. The molecule has 0 amide bonds. The number of benzene rings is 1. The summed E-state index contributed by atoms with van der Waals surface area (Å²) in [5, 5.41) is 5.23. The van der Waals surface area contributed by atoms with Crippen molar-refractivity contribution in [2.45, 2.75) is 6.54 Å². The minimum absolute atomic E-state index is 0.0596. The SMILES string of the molecule is COc1ccc(CNc2cc3c(=O)c4cccnc4ccc3cn2)c(OC)c1. The molecule has 0 saturated heterocycles. The topological polar surface area (TPSA) is 73.3 Å². The normalized spacial score (nSPS) is 10.8. The molecule has 2 aromatic carbocycles. The summed E-state index contributed by atoms with van der Waals surface area (Å²) < 4.78 is 10.7. The molecule has 0 unspecified atom stereocenters. The number of hydrogen-bond donors (Lipinski definition) is 1. The maximum atomic E-state index is 13.0. The number of nitrogens with one attached hydrogen (secondary N) is 1. The largest absolute Gasteiger partial charge is 0.497 e. The Bertz CT molecular complexity index is 1220. The predicted molar refractivity (Wildman–Crippen MR) is 110 cm³/mol.